The standard InChI is InChI=1S/C23H24F3N7OSe/c1-31-10-8-22(11-16(22)14-31)29-19-7-3-6-18-20(35-23(24,25)26)17(30-33(18)19)5-4-9-27-21(34)15-12-28-32(2)13-15/h3,6-7,12-13,16,29H,8-11,14H2,1-2H3,(H,27,34)/t16-,22+/m1/s1. The molecule has 3 aromatic rings. The number of nitrogens with one attached hydrogen (secondary N) is 2. The van der Waals surface area contributed by atoms with Gasteiger partial charge in [-0.1, -0.05) is 0 Å². The van der Waals surface area contributed by atoms with Gasteiger partial charge in [-0.3, -0.25) is 0 Å². The molecule has 1 saturated heterocycles. The van der Waals surface area contributed by atoms with Crippen molar-refractivity contribution in [3.8, 4) is 11.8 Å². The number of hydrogen-bond acceptors (Lipinski definition) is 5. The molecule has 5 rings (SSSR count). The molecule has 2 aliphatic rings. The fraction of sp³-hybridized carbons (Fsp3) is 0.435. The van der Waals surface area contributed by atoms with E-state index in [-0.39, 0.29) is 28.1 Å². The number of alkyl halides is 3. The minimum absolute atomic E-state index is 0.0233. The van der Waals surface area contributed by atoms with Gasteiger partial charge in [-0.05, 0) is 0 Å². The van der Waals surface area contributed by atoms with Crippen molar-refractivity contribution in [1.29, 1.82) is 0 Å². The van der Waals surface area contributed by atoms with Gasteiger partial charge in [0.1, 0.15) is 0 Å². The number of amides is 1. The second-order valence-corrected chi connectivity index (χ2v) is 11.3. The predicted octanol–water partition coefficient (Wildman–Crippen LogP) is 1.20. The summed E-state index contributed by atoms with van der Waals surface area (Å²) in [4.78, 5) is 14.4. The minimum atomic E-state index is -4.35. The molecule has 12 heteroatoms. The van der Waals surface area contributed by atoms with Crippen LogP contribution in [0, 0.1) is 17.8 Å². The second kappa shape index (κ2) is 8.90. The number of pyridine rings is 1. The summed E-state index contributed by atoms with van der Waals surface area (Å²) in [5.41, 5.74) is 0.841. The molecule has 1 amide bonds. The van der Waals surface area contributed by atoms with Crippen molar-refractivity contribution in [3.05, 3.63) is 41.9 Å². The molecule has 0 bridgehead atoms. The van der Waals surface area contributed by atoms with Crippen LogP contribution in [-0.4, -0.2) is 82.5 Å². The van der Waals surface area contributed by atoms with E-state index in [1.807, 2.05) is 6.07 Å². The number of rotatable bonds is 5. The van der Waals surface area contributed by atoms with Gasteiger partial charge in [-0.25, -0.2) is 0 Å². The first-order valence-electron chi connectivity index (χ1n) is 11.1. The number of carbonyl (C=O) groups excluding carboxylic acids is 1. The summed E-state index contributed by atoms with van der Waals surface area (Å²) in [5, 5.41) is 10.3. The van der Waals surface area contributed by atoms with Crippen molar-refractivity contribution in [2.45, 2.75) is 23.5 Å². The molecule has 184 valence electrons. The van der Waals surface area contributed by atoms with Gasteiger partial charge >= 0.3 is 206 Å². The van der Waals surface area contributed by atoms with E-state index in [0.717, 1.165) is 25.9 Å². The fourth-order valence-electron chi connectivity index (χ4n) is 4.59. The first-order chi connectivity index (χ1) is 16.6. The van der Waals surface area contributed by atoms with E-state index < -0.39 is 20.0 Å². The third-order valence-electron chi connectivity index (χ3n) is 6.42. The third-order valence-corrected chi connectivity index (χ3v) is 8.18. The van der Waals surface area contributed by atoms with E-state index in [9.17, 15) is 18.0 Å². The van der Waals surface area contributed by atoms with Gasteiger partial charge < -0.3 is 0 Å². The number of hydrogen-bond donors (Lipinski definition) is 2. The van der Waals surface area contributed by atoms with Gasteiger partial charge in [0.15, 0.2) is 0 Å². The Bertz CT molecular complexity index is 1340. The van der Waals surface area contributed by atoms with E-state index in [4.69, 9.17) is 0 Å². The average molecular weight is 550 g/mol. The zero-order valence-corrected chi connectivity index (χ0v) is 20.9. The summed E-state index contributed by atoms with van der Waals surface area (Å²) < 4.78 is 43.5. The molecular formula is C23H24F3N7OSe. The Morgan fingerprint density at radius 2 is 2.17 bits per heavy atom. The molecule has 1 saturated carbocycles. The SMILES string of the molecule is CN1CC[C@]2(Nc3cccc4c([Se]C(F)(F)F)c(C#CCNC(=O)c5cnn(C)c5)nn34)C[C@@H]2C1. The van der Waals surface area contributed by atoms with Crippen LogP contribution in [0.5, 0.6) is 0 Å². The molecule has 1 aliphatic carbocycles. The average Bonchev–Trinajstić information content (AvgIpc) is 3.11. The molecule has 2 atom stereocenters. The van der Waals surface area contributed by atoms with Crippen LogP contribution in [-0.2, 0) is 7.05 Å². The van der Waals surface area contributed by atoms with E-state index in [0.29, 0.717) is 22.8 Å². The zero-order chi connectivity index (χ0) is 24.8. The molecule has 0 unspecified atom stereocenters. The molecule has 0 spiro atoms. The van der Waals surface area contributed by atoms with Crippen LogP contribution < -0.4 is 15.1 Å². The van der Waals surface area contributed by atoms with Gasteiger partial charge in [-0.15, -0.1) is 0 Å². The molecule has 4 heterocycles. The number of piperidine rings is 1. The van der Waals surface area contributed by atoms with Crippen LogP contribution in [0.15, 0.2) is 30.6 Å². The van der Waals surface area contributed by atoms with Crippen molar-refractivity contribution >= 4 is 36.7 Å². The van der Waals surface area contributed by atoms with Gasteiger partial charge in [-0.2, -0.15) is 0 Å². The number of fused-ring (bicyclic) bond motifs is 2. The van der Waals surface area contributed by atoms with Crippen LogP contribution >= 0.6 is 0 Å². The molecule has 8 nitrogen and oxygen atoms in total. The number of halogens is 3. The van der Waals surface area contributed by atoms with Crippen LogP contribution in [0.4, 0.5) is 19.0 Å². The molecule has 0 radical (unpaired) electrons. The number of aromatic nitrogens is 4. The van der Waals surface area contributed by atoms with Crippen molar-refractivity contribution in [2.75, 3.05) is 32.0 Å². The molecule has 2 N–H and O–H groups in total. The van der Waals surface area contributed by atoms with Crippen molar-refractivity contribution < 1.29 is 18.0 Å². The van der Waals surface area contributed by atoms with Crippen LogP contribution in [0.3, 0.4) is 0 Å². The Hall–Kier alpha value is -3.00. The molecule has 2 fully saturated rings. The van der Waals surface area contributed by atoms with Gasteiger partial charge in [0.25, 0.3) is 0 Å². The topological polar surface area (TPSA) is 79.5 Å². The van der Waals surface area contributed by atoms with Crippen LogP contribution in [0.1, 0.15) is 28.9 Å². The predicted molar refractivity (Wildman–Crippen MR) is 126 cm³/mol. The Morgan fingerprint density at radius 3 is 2.89 bits per heavy atom. The number of likely N-dealkylation sites (tertiary alicyclic amines) is 1. The Kier molecular flexibility index (Phi) is 6.03. The molecule has 35 heavy (non-hydrogen) atoms. The maximum atomic E-state index is 13.4. The van der Waals surface area contributed by atoms with Crippen LogP contribution in [0.25, 0.3) is 5.52 Å². The fourth-order valence-corrected chi connectivity index (χ4v) is 6.01. The summed E-state index contributed by atoms with van der Waals surface area (Å²) in [6.45, 7) is 1.96. The number of aryl methyl sites for hydroxylation is 1. The summed E-state index contributed by atoms with van der Waals surface area (Å²) in [5.74, 6) is 6.35. The normalized spacial score (nSPS) is 21.8. The number of nitrogens with zero attached hydrogens (tertiary/aromatic N) is 5. The summed E-state index contributed by atoms with van der Waals surface area (Å²) in [7, 11) is 3.80. The van der Waals surface area contributed by atoms with Crippen molar-refractivity contribution in [1.82, 2.24) is 29.6 Å². The number of carbonyl (C=O) groups is 1. The second-order valence-electron chi connectivity index (χ2n) is 9.02. The van der Waals surface area contributed by atoms with Crippen molar-refractivity contribution in [2.24, 2.45) is 13.0 Å². The van der Waals surface area contributed by atoms with E-state index >= 15 is 0 Å². The van der Waals surface area contributed by atoms with Gasteiger partial charge in [0.05, 0.1) is 0 Å². The molecular weight excluding hydrogens is 526 g/mol. The Balaban J connectivity index is 1.40. The van der Waals surface area contributed by atoms with Crippen molar-refractivity contribution in [3.63, 3.8) is 0 Å². The van der Waals surface area contributed by atoms with E-state index in [1.165, 1.54) is 10.9 Å². The van der Waals surface area contributed by atoms with Gasteiger partial charge in [0, 0.05) is 0 Å². The third kappa shape index (κ3) is 5.03. The summed E-state index contributed by atoms with van der Waals surface area (Å²) in [6, 6.07) is 5.24. The monoisotopic (exact) mass is 551 g/mol. The summed E-state index contributed by atoms with van der Waals surface area (Å²) >= 11 is -1.82. The first-order valence-corrected chi connectivity index (χ1v) is 12.8. The van der Waals surface area contributed by atoms with E-state index in [1.54, 1.807) is 29.9 Å². The summed E-state index contributed by atoms with van der Waals surface area (Å²) in [6.07, 6.45) is 5.02. The Morgan fingerprint density at radius 1 is 1.34 bits per heavy atom. The number of anilines is 1. The first kappa shape index (κ1) is 23.7. The molecule has 1 aliphatic heterocycles. The quantitative estimate of drug-likeness (QED) is 0.369. The molecule has 0 aromatic carbocycles. The van der Waals surface area contributed by atoms with Gasteiger partial charge in [0.2, 0.25) is 0 Å². The molecule has 3 aromatic heterocycles. The van der Waals surface area contributed by atoms with E-state index in [2.05, 4.69) is 44.6 Å². The van der Waals surface area contributed by atoms with Crippen LogP contribution in [0.2, 0.25) is 0 Å². The zero-order valence-electron chi connectivity index (χ0n) is 19.2. The maximum absolute atomic E-state index is 13.4. The Labute approximate surface area is 206 Å².